The maximum absolute atomic E-state index is 12.0. The van der Waals surface area contributed by atoms with Crippen LogP contribution in [0.25, 0.3) is 0 Å². The van der Waals surface area contributed by atoms with Crippen LogP contribution >= 0.6 is 0 Å². The van der Waals surface area contributed by atoms with Crippen molar-refractivity contribution in [3.63, 3.8) is 0 Å². The van der Waals surface area contributed by atoms with Crippen molar-refractivity contribution in [2.75, 3.05) is 11.6 Å². The van der Waals surface area contributed by atoms with Crippen molar-refractivity contribution < 1.29 is 9.53 Å². The van der Waals surface area contributed by atoms with E-state index in [0.717, 1.165) is 16.8 Å². The number of amides is 1. The Labute approximate surface area is 151 Å². The Bertz CT molecular complexity index is 914. The maximum atomic E-state index is 12.0. The molecule has 26 heavy (non-hydrogen) atoms. The molecule has 0 spiro atoms. The highest BCUT2D eigenvalue weighted by Crippen LogP contribution is 2.25. The predicted molar refractivity (Wildman–Crippen MR) is 97.8 cm³/mol. The Balaban J connectivity index is 1.48. The lowest BCUT2D eigenvalue weighted by Gasteiger charge is -2.31. The number of ether oxygens (including phenoxy) is 1. The van der Waals surface area contributed by atoms with E-state index in [0.29, 0.717) is 31.3 Å². The number of nitrogens with one attached hydrogen (secondary N) is 1. The fourth-order valence-corrected chi connectivity index (χ4v) is 2.92. The average molecular weight is 346 g/mol. The molecule has 1 N–H and O–H groups in total. The van der Waals surface area contributed by atoms with E-state index in [9.17, 15) is 4.79 Å². The molecule has 6 heteroatoms. The third-order valence-corrected chi connectivity index (χ3v) is 4.20. The molecule has 0 fully saturated rings. The molecule has 1 aliphatic rings. The number of para-hydroxylation sites is 1. The number of benzene rings is 1. The summed E-state index contributed by atoms with van der Waals surface area (Å²) in [4.78, 5) is 22.5. The molecule has 0 radical (unpaired) electrons. The van der Waals surface area contributed by atoms with Gasteiger partial charge >= 0.3 is 0 Å². The minimum Gasteiger partial charge on any atom is -0.473 e. The van der Waals surface area contributed by atoms with Crippen molar-refractivity contribution in [1.29, 1.82) is 0 Å². The van der Waals surface area contributed by atoms with Gasteiger partial charge in [-0.1, -0.05) is 18.2 Å². The molecule has 1 aliphatic heterocycles. The Hall–Kier alpha value is -3.41. The molecule has 0 unspecified atom stereocenters. The number of anilines is 1. The van der Waals surface area contributed by atoms with Gasteiger partial charge in [-0.3, -0.25) is 9.78 Å². The molecule has 0 aliphatic carbocycles. The molecule has 0 atom stereocenters. The van der Waals surface area contributed by atoms with Crippen LogP contribution in [0.1, 0.15) is 21.5 Å². The monoisotopic (exact) mass is 346 g/mol. The second kappa shape index (κ2) is 7.23. The van der Waals surface area contributed by atoms with E-state index in [1.807, 2.05) is 48.5 Å². The highest BCUT2D eigenvalue weighted by Gasteiger charge is 2.21. The van der Waals surface area contributed by atoms with E-state index in [2.05, 4.69) is 20.2 Å². The van der Waals surface area contributed by atoms with E-state index in [-0.39, 0.29) is 5.91 Å². The lowest BCUT2D eigenvalue weighted by Crippen LogP contribution is -2.42. The number of rotatable bonds is 5. The van der Waals surface area contributed by atoms with Crippen molar-refractivity contribution in [2.24, 2.45) is 0 Å². The van der Waals surface area contributed by atoms with Crippen LogP contribution in [0.4, 0.5) is 5.69 Å². The molecule has 0 bridgehead atoms. The second-order valence-corrected chi connectivity index (χ2v) is 6.03. The number of fused-ring (bicyclic) bond motifs is 1. The third kappa shape index (κ3) is 3.49. The quantitative estimate of drug-likeness (QED) is 0.769. The molecule has 1 aromatic carbocycles. The van der Waals surface area contributed by atoms with Crippen molar-refractivity contribution in [2.45, 2.75) is 13.2 Å². The number of carbonyl (C=O) groups is 1. The topological polar surface area (TPSA) is 67.4 Å². The Kier molecular flexibility index (Phi) is 4.47. The summed E-state index contributed by atoms with van der Waals surface area (Å²) < 4.78 is 5.77. The minimum absolute atomic E-state index is 0.0351. The Morgan fingerprint density at radius 3 is 2.88 bits per heavy atom. The fraction of sp³-hybridized carbons (Fsp3) is 0.150. The highest BCUT2D eigenvalue weighted by molar-refractivity contribution is 6.01. The van der Waals surface area contributed by atoms with Crippen LogP contribution in [0, 0.1) is 0 Å². The van der Waals surface area contributed by atoms with Crippen LogP contribution in [0.2, 0.25) is 0 Å². The number of aromatic nitrogens is 2. The standard InChI is InChI=1S/C20H18N4O2/c25-20-17-5-1-2-6-18(17)24(14-23-20)12-15-7-9-22-19(10-15)26-13-16-4-3-8-21-11-16/h1-11H,12-14H2,(H,23,25). The molecule has 3 heterocycles. The summed E-state index contributed by atoms with van der Waals surface area (Å²) in [6.45, 7) is 1.56. The second-order valence-electron chi connectivity index (χ2n) is 6.03. The van der Waals surface area contributed by atoms with Gasteiger partial charge in [-0.25, -0.2) is 4.98 Å². The first kappa shape index (κ1) is 16.1. The van der Waals surface area contributed by atoms with Crippen LogP contribution in [0.3, 0.4) is 0 Å². The number of nitrogens with zero attached hydrogens (tertiary/aromatic N) is 3. The Morgan fingerprint density at radius 2 is 2.00 bits per heavy atom. The van der Waals surface area contributed by atoms with E-state index in [1.165, 1.54) is 0 Å². The number of pyridine rings is 2. The minimum atomic E-state index is -0.0351. The molecule has 2 aromatic heterocycles. The van der Waals surface area contributed by atoms with Crippen LogP contribution in [0.5, 0.6) is 5.88 Å². The molecule has 0 saturated carbocycles. The zero-order valence-electron chi connectivity index (χ0n) is 14.1. The summed E-state index contributed by atoms with van der Waals surface area (Å²) >= 11 is 0. The highest BCUT2D eigenvalue weighted by atomic mass is 16.5. The van der Waals surface area contributed by atoms with Gasteiger partial charge in [0.15, 0.2) is 0 Å². The van der Waals surface area contributed by atoms with E-state index in [4.69, 9.17) is 4.74 Å². The summed E-state index contributed by atoms with van der Waals surface area (Å²) in [6.07, 6.45) is 5.25. The normalized spacial score (nSPS) is 13.1. The lowest BCUT2D eigenvalue weighted by molar-refractivity contribution is 0.0947. The zero-order valence-corrected chi connectivity index (χ0v) is 14.1. The van der Waals surface area contributed by atoms with E-state index >= 15 is 0 Å². The molecular formula is C20H18N4O2. The van der Waals surface area contributed by atoms with E-state index in [1.54, 1.807) is 18.6 Å². The van der Waals surface area contributed by atoms with Gasteiger partial charge in [-0.05, 0) is 29.8 Å². The first-order chi connectivity index (χ1) is 12.8. The van der Waals surface area contributed by atoms with Crippen molar-refractivity contribution >= 4 is 11.6 Å². The molecule has 3 aromatic rings. The van der Waals surface area contributed by atoms with Crippen LogP contribution < -0.4 is 15.0 Å². The van der Waals surface area contributed by atoms with Gasteiger partial charge in [0.25, 0.3) is 5.91 Å². The smallest absolute Gasteiger partial charge is 0.254 e. The summed E-state index contributed by atoms with van der Waals surface area (Å²) in [6, 6.07) is 15.3. The van der Waals surface area contributed by atoms with Gasteiger partial charge in [0.05, 0.1) is 17.9 Å². The van der Waals surface area contributed by atoms with Gasteiger partial charge in [0.2, 0.25) is 5.88 Å². The summed E-state index contributed by atoms with van der Waals surface area (Å²) in [5, 5.41) is 2.90. The Morgan fingerprint density at radius 1 is 1.08 bits per heavy atom. The molecular weight excluding hydrogens is 328 g/mol. The summed E-state index contributed by atoms with van der Waals surface area (Å²) in [7, 11) is 0. The number of hydrogen-bond acceptors (Lipinski definition) is 5. The predicted octanol–water partition coefficient (Wildman–Crippen LogP) is 2.76. The zero-order chi connectivity index (χ0) is 17.8. The van der Waals surface area contributed by atoms with Crippen molar-refractivity contribution in [3.8, 4) is 5.88 Å². The van der Waals surface area contributed by atoms with E-state index < -0.39 is 0 Å². The SMILES string of the molecule is O=C1NCN(Cc2ccnc(OCc3cccnc3)c2)c2ccccc21. The molecule has 6 nitrogen and oxygen atoms in total. The van der Waals surface area contributed by atoms with Gasteiger partial charge in [-0.15, -0.1) is 0 Å². The summed E-state index contributed by atoms with van der Waals surface area (Å²) in [5.74, 6) is 0.535. The average Bonchev–Trinajstić information content (AvgIpc) is 2.70. The van der Waals surface area contributed by atoms with Crippen molar-refractivity contribution in [1.82, 2.24) is 15.3 Å². The van der Waals surface area contributed by atoms with Gasteiger partial charge in [0.1, 0.15) is 6.61 Å². The van der Waals surface area contributed by atoms with Crippen LogP contribution in [0.15, 0.2) is 67.1 Å². The largest absolute Gasteiger partial charge is 0.473 e. The first-order valence-corrected chi connectivity index (χ1v) is 8.38. The molecule has 1 amide bonds. The maximum Gasteiger partial charge on any atom is 0.254 e. The lowest BCUT2D eigenvalue weighted by atomic mass is 10.1. The van der Waals surface area contributed by atoms with Gasteiger partial charge in [0, 0.05) is 36.8 Å². The van der Waals surface area contributed by atoms with Crippen molar-refractivity contribution in [3.05, 3.63) is 83.8 Å². The van der Waals surface area contributed by atoms with Crippen LogP contribution in [-0.2, 0) is 13.2 Å². The fourth-order valence-electron chi connectivity index (χ4n) is 2.92. The molecule has 130 valence electrons. The molecule has 4 rings (SSSR count). The first-order valence-electron chi connectivity index (χ1n) is 8.38. The van der Waals surface area contributed by atoms with Gasteiger partial charge < -0.3 is 15.0 Å². The summed E-state index contributed by atoms with van der Waals surface area (Å²) in [5.41, 5.74) is 3.69. The van der Waals surface area contributed by atoms with Gasteiger partial charge in [-0.2, -0.15) is 0 Å². The van der Waals surface area contributed by atoms with Crippen LogP contribution in [-0.4, -0.2) is 22.5 Å². The number of hydrogen-bond donors (Lipinski definition) is 1. The molecule has 0 saturated heterocycles. The number of carbonyl (C=O) groups excluding carboxylic acids is 1. The third-order valence-electron chi connectivity index (χ3n) is 4.20.